The number of nitrogens with one attached hydrogen (secondary N) is 1. The first-order chi connectivity index (χ1) is 8.10. The highest BCUT2D eigenvalue weighted by molar-refractivity contribution is 5.79. The zero-order valence-corrected chi connectivity index (χ0v) is 11.0. The maximum Gasteiger partial charge on any atom is 0.328 e. The Hall–Kier alpha value is -1.51. The SMILES string of the molecule is CCC(C)C(Nc1ccccc1C)C(=O)OC. The molecule has 1 aromatic rings. The van der Waals surface area contributed by atoms with Gasteiger partial charge < -0.3 is 10.1 Å². The number of aryl methyl sites for hydroxylation is 1. The highest BCUT2D eigenvalue weighted by Crippen LogP contribution is 2.19. The summed E-state index contributed by atoms with van der Waals surface area (Å²) >= 11 is 0. The Bertz CT molecular complexity index is 376. The van der Waals surface area contributed by atoms with Crippen molar-refractivity contribution >= 4 is 11.7 Å². The molecule has 0 saturated heterocycles. The molecule has 17 heavy (non-hydrogen) atoms. The monoisotopic (exact) mass is 235 g/mol. The summed E-state index contributed by atoms with van der Waals surface area (Å²) in [7, 11) is 1.43. The second kappa shape index (κ2) is 6.28. The zero-order valence-electron chi connectivity index (χ0n) is 11.0. The van der Waals surface area contributed by atoms with Crippen molar-refractivity contribution in [3.8, 4) is 0 Å². The van der Waals surface area contributed by atoms with Crippen LogP contribution < -0.4 is 5.32 Å². The highest BCUT2D eigenvalue weighted by Gasteiger charge is 2.24. The van der Waals surface area contributed by atoms with Crippen LogP contribution in [0.15, 0.2) is 24.3 Å². The molecule has 0 bridgehead atoms. The van der Waals surface area contributed by atoms with Gasteiger partial charge in [0.15, 0.2) is 0 Å². The van der Waals surface area contributed by atoms with Crippen LogP contribution in [0.25, 0.3) is 0 Å². The molecule has 2 atom stereocenters. The van der Waals surface area contributed by atoms with E-state index in [-0.39, 0.29) is 17.9 Å². The average Bonchev–Trinajstić information content (AvgIpc) is 2.36. The summed E-state index contributed by atoms with van der Waals surface area (Å²) in [5, 5.41) is 3.27. The molecule has 0 heterocycles. The van der Waals surface area contributed by atoms with E-state index in [1.165, 1.54) is 7.11 Å². The molecule has 0 radical (unpaired) electrons. The van der Waals surface area contributed by atoms with Crippen LogP contribution >= 0.6 is 0 Å². The molecule has 0 saturated carbocycles. The molecule has 0 aliphatic heterocycles. The Morgan fingerprint density at radius 3 is 2.59 bits per heavy atom. The molecule has 1 N–H and O–H groups in total. The van der Waals surface area contributed by atoms with Gasteiger partial charge >= 0.3 is 5.97 Å². The van der Waals surface area contributed by atoms with Crippen LogP contribution in [-0.4, -0.2) is 19.1 Å². The Balaban J connectivity index is 2.87. The second-order valence-corrected chi connectivity index (χ2v) is 4.35. The number of carbonyl (C=O) groups excluding carboxylic acids is 1. The lowest BCUT2D eigenvalue weighted by molar-refractivity contribution is -0.142. The van der Waals surface area contributed by atoms with E-state index in [1.54, 1.807) is 0 Å². The fourth-order valence-electron chi connectivity index (χ4n) is 1.70. The number of para-hydroxylation sites is 1. The number of benzene rings is 1. The molecular weight excluding hydrogens is 214 g/mol. The lowest BCUT2D eigenvalue weighted by Crippen LogP contribution is -2.36. The van der Waals surface area contributed by atoms with Crippen LogP contribution in [0, 0.1) is 12.8 Å². The predicted molar refractivity (Wildman–Crippen MR) is 70.1 cm³/mol. The molecule has 0 spiro atoms. The fourth-order valence-corrected chi connectivity index (χ4v) is 1.70. The summed E-state index contributed by atoms with van der Waals surface area (Å²) in [6.07, 6.45) is 0.929. The average molecular weight is 235 g/mol. The maximum absolute atomic E-state index is 11.7. The van der Waals surface area contributed by atoms with Crippen LogP contribution in [0.1, 0.15) is 25.8 Å². The van der Waals surface area contributed by atoms with E-state index in [9.17, 15) is 4.79 Å². The predicted octanol–water partition coefficient (Wildman–Crippen LogP) is 2.99. The summed E-state index contributed by atoms with van der Waals surface area (Å²) in [4.78, 5) is 11.7. The van der Waals surface area contributed by atoms with Gasteiger partial charge in [-0.3, -0.25) is 0 Å². The molecule has 0 amide bonds. The van der Waals surface area contributed by atoms with Gasteiger partial charge in [0.25, 0.3) is 0 Å². The Morgan fingerprint density at radius 2 is 2.06 bits per heavy atom. The van der Waals surface area contributed by atoms with Crippen LogP contribution in [0.3, 0.4) is 0 Å². The molecule has 3 heteroatoms. The van der Waals surface area contributed by atoms with Crippen molar-refractivity contribution in [2.75, 3.05) is 12.4 Å². The van der Waals surface area contributed by atoms with Crippen LogP contribution in [0.5, 0.6) is 0 Å². The van der Waals surface area contributed by atoms with Crippen LogP contribution in [0.2, 0.25) is 0 Å². The summed E-state index contributed by atoms with van der Waals surface area (Å²) in [5.74, 6) is 0.0321. The van der Waals surface area contributed by atoms with Gasteiger partial charge in [-0.2, -0.15) is 0 Å². The first-order valence-corrected chi connectivity index (χ1v) is 6.00. The Labute approximate surface area is 103 Å². The van der Waals surface area contributed by atoms with Crippen molar-refractivity contribution < 1.29 is 9.53 Å². The minimum atomic E-state index is -0.286. The molecule has 0 aliphatic carbocycles. The summed E-state index contributed by atoms with van der Waals surface area (Å²) in [6, 6.07) is 7.66. The van der Waals surface area contributed by atoms with Crippen molar-refractivity contribution in [1.82, 2.24) is 0 Å². The molecule has 1 aromatic carbocycles. The van der Waals surface area contributed by atoms with Crippen LogP contribution in [0.4, 0.5) is 5.69 Å². The van der Waals surface area contributed by atoms with Gasteiger partial charge in [0, 0.05) is 5.69 Å². The molecule has 94 valence electrons. The number of rotatable bonds is 5. The number of esters is 1. The molecule has 0 aliphatic rings. The van der Waals surface area contributed by atoms with Crippen molar-refractivity contribution in [3.63, 3.8) is 0 Å². The fraction of sp³-hybridized carbons (Fsp3) is 0.500. The third-order valence-corrected chi connectivity index (χ3v) is 3.12. The van der Waals surface area contributed by atoms with Gasteiger partial charge in [-0.1, -0.05) is 38.5 Å². The van der Waals surface area contributed by atoms with Crippen molar-refractivity contribution in [3.05, 3.63) is 29.8 Å². The quantitative estimate of drug-likeness (QED) is 0.797. The van der Waals surface area contributed by atoms with Crippen LogP contribution in [-0.2, 0) is 9.53 Å². The van der Waals surface area contributed by atoms with Crippen molar-refractivity contribution in [1.29, 1.82) is 0 Å². The number of hydrogen-bond acceptors (Lipinski definition) is 3. The molecular formula is C14H21NO2. The van der Waals surface area contributed by atoms with Crippen molar-refractivity contribution in [2.24, 2.45) is 5.92 Å². The van der Waals surface area contributed by atoms with E-state index in [0.29, 0.717) is 0 Å². The number of anilines is 1. The van der Waals surface area contributed by atoms with Crippen molar-refractivity contribution in [2.45, 2.75) is 33.2 Å². The maximum atomic E-state index is 11.7. The summed E-state index contributed by atoms with van der Waals surface area (Å²) < 4.78 is 4.85. The molecule has 3 nitrogen and oxygen atoms in total. The lowest BCUT2D eigenvalue weighted by atomic mass is 9.98. The van der Waals surface area contributed by atoms with E-state index in [4.69, 9.17) is 4.74 Å². The number of methoxy groups -OCH3 is 1. The second-order valence-electron chi connectivity index (χ2n) is 4.35. The first kappa shape index (κ1) is 13.6. The molecule has 2 unspecified atom stereocenters. The summed E-state index contributed by atoms with van der Waals surface area (Å²) in [5.41, 5.74) is 2.12. The summed E-state index contributed by atoms with van der Waals surface area (Å²) in [6.45, 7) is 6.14. The number of ether oxygens (including phenoxy) is 1. The smallest absolute Gasteiger partial charge is 0.328 e. The third-order valence-electron chi connectivity index (χ3n) is 3.12. The number of hydrogen-bond donors (Lipinski definition) is 1. The van der Waals surface area contributed by atoms with Gasteiger partial charge in [0.1, 0.15) is 6.04 Å². The lowest BCUT2D eigenvalue weighted by Gasteiger charge is -2.23. The largest absolute Gasteiger partial charge is 0.467 e. The van der Waals surface area contributed by atoms with Gasteiger partial charge in [-0.05, 0) is 24.5 Å². The molecule has 0 aromatic heterocycles. The Kier molecular flexibility index (Phi) is 5.01. The van der Waals surface area contributed by atoms with E-state index >= 15 is 0 Å². The minimum Gasteiger partial charge on any atom is -0.467 e. The minimum absolute atomic E-state index is 0.206. The Morgan fingerprint density at radius 1 is 1.41 bits per heavy atom. The third kappa shape index (κ3) is 3.48. The van der Waals surface area contributed by atoms with Gasteiger partial charge in [-0.15, -0.1) is 0 Å². The van der Waals surface area contributed by atoms with E-state index in [1.807, 2.05) is 38.1 Å². The molecule has 1 rings (SSSR count). The van der Waals surface area contributed by atoms with Gasteiger partial charge in [-0.25, -0.2) is 4.79 Å². The normalized spacial score (nSPS) is 13.9. The van der Waals surface area contributed by atoms with E-state index in [0.717, 1.165) is 17.7 Å². The standard InChI is InChI=1S/C14H21NO2/c1-5-10(2)13(14(16)17-4)15-12-9-7-6-8-11(12)3/h6-10,13,15H,5H2,1-4H3. The van der Waals surface area contributed by atoms with E-state index in [2.05, 4.69) is 12.2 Å². The molecule has 0 fully saturated rings. The zero-order chi connectivity index (χ0) is 12.8. The van der Waals surface area contributed by atoms with Gasteiger partial charge in [0.05, 0.1) is 7.11 Å². The number of carbonyl (C=O) groups is 1. The van der Waals surface area contributed by atoms with E-state index < -0.39 is 0 Å². The highest BCUT2D eigenvalue weighted by atomic mass is 16.5. The topological polar surface area (TPSA) is 38.3 Å². The van der Waals surface area contributed by atoms with Gasteiger partial charge in [0.2, 0.25) is 0 Å². The first-order valence-electron chi connectivity index (χ1n) is 6.00.